The molecule has 0 radical (unpaired) electrons. The van der Waals surface area contributed by atoms with Crippen LogP contribution in [-0.4, -0.2) is 25.8 Å². The number of imidazole rings is 1. The zero-order valence-corrected chi connectivity index (χ0v) is 11.6. The average Bonchev–Trinajstić information content (AvgIpc) is 2.61. The Morgan fingerprint density at radius 2 is 2.00 bits per heavy atom. The van der Waals surface area contributed by atoms with Gasteiger partial charge in [0.1, 0.15) is 0 Å². The van der Waals surface area contributed by atoms with E-state index < -0.39 is 0 Å². The van der Waals surface area contributed by atoms with Crippen LogP contribution >= 0.6 is 0 Å². The minimum Gasteiger partial charge on any atom is -0.396 e. The normalized spacial score (nSPS) is 11.4. The fourth-order valence-electron chi connectivity index (χ4n) is 2.22. The molecule has 0 unspecified atom stereocenters. The first-order valence-corrected chi connectivity index (χ1v) is 6.31. The molecule has 2 aromatic heterocycles. The second-order valence-corrected chi connectivity index (χ2v) is 4.69. The summed E-state index contributed by atoms with van der Waals surface area (Å²) in [6.07, 6.45) is 1.56. The third kappa shape index (κ3) is 2.10. The van der Waals surface area contributed by atoms with E-state index in [-0.39, 0.29) is 18.1 Å². The van der Waals surface area contributed by atoms with E-state index in [9.17, 15) is 4.79 Å². The van der Waals surface area contributed by atoms with E-state index in [0.29, 0.717) is 17.7 Å². The number of nitrogen functional groups attached to an aromatic ring is 1. The lowest BCUT2D eigenvalue weighted by Crippen LogP contribution is -2.37. The lowest BCUT2D eigenvalue weighted by Gasteiger charge is -2.00. The summed E-state index contributed by atoms with van der Waals surface area (Å²) in [5.41, 5.74) is 6.78. The molecule has 0 bridgehead atoms. The molecule has 7 heteroatoms. The first kappa shape index (κ1) is 13.5. The molecule has 19 heavy (non-hydrogen) atoms. The van der Waals surface area contributed by atoms with Gasteiger partial charge in [-0.2, -0.15) is 0 Å². The maximum atomic E-state index is 12.2. The number of fused-ring (bicyclic) bond motifs is 1. The van der Waals surface area contributed by atoms with Crippen LogP contribution in [0.15, 0.2) is 4.79 Å². The number of rotatable bonds is 4. The molecule has 0 aromatic carbocycles. The van der Waals surface area contributed by atoms with Crippen molar-refractivity contribution >= 4 is 17.1 Å². The molecule has 0 fully saturated rings. The molecule has 0 aliphatic rings. The highest BCUT2D eigenvalue weighted by molar-refractivity contribution is 5.68. The van der Waals surface area contributed by atoms with Crippen LogP contribution in [-0.2, 0) is 20.6 Å². The van der Waals surface area contributed by atoms with Crippen LogP contribution < -0.4 is 15.9 Å². The third-order valence-corrected chi connectivity index (χ3v) is 3.54. The molecule has 2 heterocycles. The van der Waals surface area contributed by atoms with E-state index in [2.05, 4.69) is 4.98 Å². The molecule has 0 atom stereocenters. The van der Waals surface area contributed by atoms with Gasteiger partial charge in [0.25, 0.3) is 5.95 Å². The van der Waals surface area contributed by atoms with E-state index in [1.165, 1.54) is 4.57 Å². The average molecular weight is 266 g/mol. The predicted octanol–water partition coefficient (Wildman–Crippen LogP) is -0.777. The number of hydrogen-bond acceptors (Lipinski definition) is 4. The van der Waals surface area contributed by atoms with Gasteiger partial charge in [-0.25, -0.2) is 4.57 Å². The van der Waals surface area contributed by atoms with Crippen molar-refractivity contribution in [2.75, 3.05) is 12.3 Å². The van der Waals surface area contributed by atoms with Crippen LogP contribution in [0.3, 0.4) is 0 Å². The summed E-state index contributed by atoms with van der Waals surface area (Å²) < 4.78 is 5.16. The molecule has 0 aliphatic heterocycles. The van der Waals surface area contributed by atoms with Crippen LogP contribution in [0.5, 0.6) is 0 Å². The van der Waals surface area contributed by atoms with E-state index >= 15 is 0 Å². The number of anilines is 1. The summed E-state index contributed by atoms with van der Waals surface area (Å²) in [4.78, 5) is 16.6. The zero-order chi connectivity index (χ0) is 14.2. The van der Waals surface area contributed by atoms with Crippen molar-refractivity contribution in [1.29, 1.82) is 0 Å². The van der Waals surface area contributed by atoms with Crippen molar-refractivity contribution in [2.24, 2.45) is 14.1 Å². The number of unbranched alkanes of at least 4 members (excludes halogenated alkanes) is 1. The Morgan fingerprint density at radius 1 is 1.32 bits per heavy atom. The van der Waals surface area contributed by atoms with Gasteiger partial charge in [-0.1, -0.05) is 4.98 Å². The van der Waals surface area contributed by atoms with Crippen molar-refractivity contribution < 1.29 is 9.67 Å². The number of aromatic nitrogens is 4. The van der Waals surface area contributed by atoms with Crippen LogP contribution in [0.4, 0.5) is 5.95 Å². The molecule has 2 aromatic rings. The smallest absolute Gasteiger partial charge is 0.311 e. The number of aliphatic hydroxyl groups is 1. The van der Waals surface area contributed by atoms with Gasteiger partial charge in [-0.05, 0) is 12.8 Å². The maximum Gasteiger partial charge on any atom is 0.311 e. The van der Waals surface area contributed by atoms with Crippen LogP contribution in [0.25, 0.3) is 11.2 Å². The van der Waals surface area contributed by atoms with Crippen LogP contribution in [0.2, 0.25) is 0 Å². The number of aliphatic hydroxyl groups excluding tert-OH is 1. The lowest BCUT2D eigenvalue weighted by atomic mass is 10.3. The van der Waals surface area contributed by atoms with Gasteiger partial charge in [0.05, 0.1) is 13.6 Å². The van der Waals surface area contributed by atoms with Gasteiger partial charge < -0.3 is 10.8 Å². The van der Waals surface area contributed by atoms with Crippen LogP contribution in [0, 0.1) is 6.92 Å². The molecule has 0 saturated heterocycles. The van der Waals surface area contributed by atoms with Gasteiger partial charge in [-0.15, -0.1) is 0 Å². The first-order chi connectivity index (χ1) is 8.99. The Balaban J connectivity index is 2.65. The van der Waals surface area contributed by atoms with Gasteiger partial charge in [-0.3, -0.25) is 13.9 Å². The standard InChI is InChI=1S/C12H19N5O2/c1-8-15(2)9-10(17(8)6-4-5-7-18)14-12(13)16(3)11(9)19/h18H,4-7H2,1-3H3,(H-,13,14,19)/p+1. The Hall–Kier alpha value is -1.89. The highest BCUT2D eigenvalue weighted by Crippen LogP contribution is 2.08. The van der Waals surface area contributed by atoms with Gasteiger partial charge >= 0.3 is 11.2 Å². The monoisotopic (exact) mass is 266 g/mol. The number of aryl methyl sites for hydroxylation is 2. The topological polar surface area (TPSA) is 90.0 Å². The predicted molar refractivity (Wildman–Crippen MR) is 71.6 cm³/mol. The van der Waals surface area contributed by atoms with Crippen molar-refractivity contribution in [1.82, 2.24) is 14.1 Å². The van der Waals surface area contributed by atoms with Crippen molar-refractivity contribution in [2.45, 2.75) is 26.3 Å². The molecule has 7 nitrogen and oxygen atoms in total. The molecule has 0 amide bonds. The zero-order valence-electron chi connectivity index (χ0n) is 11.6. The van der Waals surface area contributed by atoms with E-state index in [0.717, 1.165) is 18.7 Å². The largest absolute Gasteiger partial charge is 0.396 e. The summed E-state index contributed by atoms with van der Waals surface area (Å²) in [6, 6.07) is 0. The van der Waals surface area contributed by atoms with E-state index in [1.54, 1.807) is 7.05 Å². The molecule has 3 N–H and O–H groups in total. The Kier molecular flexibility index (Phi) is 3.57. The van der Waals surface area contributed by atoms with Crippen LogP contribution in [0.1, 0.15) is 18.7 Å². The molecule has 0 aliphatic carbocycles. The summed E-state index contributed by atoms with van der Waals surface area (Å²) in [5, 5.41) is 8.85. The Bertz CT molecular complexity index is 671. The molecule has 2 rings (SSSR count). The summed E-state index contributed by atoms with van der Waals surface area (Å²) in [6.45, 7) is 2.82. The second kappa shape index (κ2) is 5.00. The summed E-state index contributed by atoms with van der Waals surface area (Å²) in [5.74, 6) is 1.15. The molecule has 0 saturated carbocycles. The molecule has 0 spiro atoms. The number of hydrogen-bond donors (Lipinski definition) is 2. The van der Waals surface area contributed by atoms with E-state index in [1.807, 2.05) is 23.1 Å². The molecular weight excluding hydrogens is 246 g/mol. The van der Waals surface area contributed by atoms with Crippen molar-refractivity contribution in [3.8, 4) is 0 Å². The van der Waals surface area contributed by atoms with Gasteiger partial charge in [0.2, 0.25) is 11.3 Å². The third-order valence-electron chi connectivity index (χ3n) is 3.54. The summed E-state index contributed by atoms with van der Waals surface area (Å²) >= 11 is 0. The van der Waals surface area contributed by atoms with Gasteiger partial charge in [0, 0.05) is 20.6 Å². The van der Waals surface area contributed by atoms with Crippen molar-refractivity contribution in [3.63, 3.8) is 0 Å². The first-order valence-electron chi connectivity index (χ1n) is 6.31. The summed E-state index contributed by atoms with van der Waals surface area (Å²) in [7, 11) is 3.46. The van der Waals surface area contributed by atoms with Crippen molar-refractivity contribution in [3.05, 3.63) is 16.2 Å². The van der Waals surface area contributed by atoms with Gasteiger partial charge in [0.15, 0.2) is 0 Å². The van der Waals surface area contributed by atoms with E-state index in [4.69, 9.17) is 10.8 Å². The lowest BCUT2D eigenvalue weighted by molar-refractivity contribution is -0.680. The SMILES string of the molecule is Cc1n(C)c2c(=O)n(C)c(N)nc2[n+]1CCCCO. The fourth-order valence-corrected chi connectivity index (χ4v) is 2.22. The number of nitrogens with zero attached hydrogens (tertiary/aromatic N) is 4. The second-order valence-electron chi connectivity index (χ2n) is 4.69. The Labute approximate surface area is 110 Å². The fraction of sp³-hybridized carbons (Fsp3) is 0.583. The number of nitrogens with two attached hydrogens (primary N) is 1. The molecular formula is C12H20N5O2+. The highest BCUT2D eigenvalue weighted by Gasteiger charge is 2.24. The Morgan fingerprint density at radius 3 is 2.63 bits per heavy atom. The minimum absolute atomic E-state index is 0.144. The minimum atomic E-state index is -0.144. The quantitative estimate of drug-likeness (QED) is 0.561. The molecule has 104 valence electrons. The highest BCUT2D eigenvalue weighted by atomic mass is 16.2. The maximum absolute atomic E-state index is 12.2.